The Morgan fingerprint density at radius 2 is 0.500 bits per heavy atom. The lowest BCUT2D eigenvalue weighted by Crippen LogP contribution is -2.52. The molecule has 0 aliphatic heterocycles. The van der Waals surface area contributed by atoms with Gasteiger partial charge in [0.05, 0.1) is 24.4 Å². The van der Waals surface area contributed by atoms with Gasteiger partial charge in [-0.1, -0.05) is 139 Å². The van der Waals surface area contributed by atoms with Crippen LogP contribution in [0.3, 0.4) is 0 Å². The molecule has 14 unspecified atom stereocenters. The first-order valence-electron chi connectivity index (χ1n) is 40.5. The summed E-state index contributed by atoms with van der Waals surface area (Å²) in [5.41, 5.74) is 3.81. The SMILES string of the molecule is COC1CC(C2CCC3C(CCC4CC(C5CC(OC)C(/C=C(\C6CCCCC6)C6CCC(N(C7CCCCC7)C7CCCCC7)CC6)CC5OC)CCC43)C2)C(OC)CC1/C=C(\C1CCCCC1)C1CCC(N(C2CCCCC2)C2CCCCC2)CC1. The summed E-state index contributed by atoms with van der Waals surface area (Å²) in [7, 11) is 8.33. The Morgan fingerprint density at radius 3 is 0.807 bits per heavy atom. The molecule has 500 valence electrons. The Balaban J connectivity index is 0.624. The van der Waals surface area contributed by atoms with Crippen LogP contribution in [0.25, 0.3) is 0 Å². The highest BCUT2D eigenvalue weighted by molar-refractivity contribution is 5.19. The summed E-state index contributed by atoms with van der Waals surface area (Å²) in [6, 6.07) is 5.15. The van der Waals surface area contributed by atoms with Gasteiger partial charge in [0, 0.05) is 76.5 Å². The number of rotatable bonds is 18. The fourth-order valence-corrected chi connectivity index (χ4v) is 25.7. The fraction of sp³-hybridized carbons (Fsp3) is 0.951. The maximum absolute atomic E-state index is 6.75. The molecule has 0 saturated heterocycles. The van der Waals surface area contributed by atoms with E-state index in [-0.39, 0.29) is 0 Å². The molecule has 0 aromatic carbocycles. The van der Waals surface area contributed by atoms with Gasteiger partial charge in [-0.2, -0.15) is 0 Å². The highest BCUT2D eigenvalue weighted by atomic mass is 16.5. The Bertz CT molecular complexity index is 1920. The van der Waals surface area contributed by atoms with Crippen molar-refractivity contribution >= 4 is 0 Å². The summed E-state index contributed by atoms with van der Waals surface area (Å²) in [5, 5.41) is 0. The van der Waals surface area contributed by atoms with Crippen molar-refractivity contribution in [1.29, 1.82) is 0 Å². The maximum Gasteiger partial charge on any atom is 0.0638 e. The van der Waals surface area contributed by atoms with E-state index >= 15 is 0 Å². The maximum atomic E-state index is 6.75. The molecule has 13 saturated carbocycles. The molecule has 13 aliphatic carbocycles. The molecule has 14 atom stereocenters. The minimum atomic E-state index is 0.333. The molecule has 13 fully saturated rings. The molecule has 0 aromatic heterocycles. The molecule has 13 aliphatic rings. The van der Waals surface area contributed by atoms with Crippen LogP contribution in [0.5, 0.6) is 0 Å². The van der Waals surface area contributed by atoms with Crippen molar-refractivity contribution in [2.45, 2.75) is 382 Å². The zero-order valence-electron chi connectivity index (χ0n) is 57.9. The van der Waals surface area contributed by atoms with Crippen LogP contribution < -0.4 is 0 Å². The second-order valence-corrected chi connectivity index (χ2v) is 34.3. The number of ether oxygens (including phenoxy) is 4. The van der Waals surface area contributed by atoms with Crippen LogP contribution >= 0.6 is 0 Å². The first-order chi connectivity index (χ1) is 43.4. The van der Waals surface area contributed by atoms with E-state index in [0.717, 1.165) is 95.4 Å². The van der Waals surface area contributed by atoms with Crippen molar-refractivity contribution in [3.05, 3.63) is 23.3 Å². The molecular formula is C82H138N2O4. The van der Waals surface area contributed by atoms with Crippen molar-refractivity contribution in [1.82, 2.24) is 9.80 Å². The molecule has 0 amide bonds. The average molecular weight is 1220 g/mol. The Labute approximate surface area is 542 Å². The molecule has 6 heteroatoms. The normalized spacial score (nSPS) is 41.9. The zero-order valence-corrected chi connectivity index (χ0v) is 57.9. The van der Waals surface area contributed by atoms with Gasteiger partial charge in [-0.05, 0) is 276 Å². The quantitative estimate of drug-likeness (QED) is 0.127. The van der Waals surface area contributed by atoms with Gasteiger partial charge in [0.2, 0.25) is 0 Å². The number of fused-ring (bicyclic) bond motifs is 3. The van der Waals surface area contributed by atoms with Gasteiger partial charge < -0.3 is 18.9 Å². The molecule has 88 heavy (non-hydrogen) atoms. The van der Waals surface area contributed by atoms with E-state index in [4.69, 9.17) is 18.9 Å². The van der Waals surface area contributed by atoms with Crippen molar-refractivity contribution < 1.29 is 18.9 Å². The summed E-state index contributed by atoms with van der Waals surface area (Å²) in [4.78, 5) is 6.42. The number of nitrogens with zero attached hydrogens (tertiary/aromatic N) is 2. The van der Waals surface area contributed by atoms with Crippen LogP contribution in [0, 0.1) is 82.9 Å². The number of allylic oxidation sites excluding steroid dienone is 2. The van der Waals surface area contributed by atoms with E-state index in [0.29, 0.717) is 48.1 Å². The van der Waals surface area contributed by atoms with E-state index in [1.165, 1.54) is 321 Å². The monoisotopic (exact) mass is 1220 g/mol. The number of hydrogen-bond acceptors (Lipinski definition) is 6. The van der Waals surface area contributed by atoms with Gasteiger partial charge in [-0.25, -0.2) is 0 Å². The lowest BCUT2D eigenvalue weighted by molar-refractivity contribution is -0.101. The summed E-state index contributed by atoms with van der Waals surface area (Å²) in [6.07, 6.45) is 78.9. The van der Waals surface area contributed by atoms with Crippen LogP contribution in [0.4, 0.5) is 0 Å². The highest BCUT2D eigenvalue weighted by Crippen LogP contribution is 2.58. The van der Waals surface area contributed by atoms with E-state index in [9.17, 15) is 0 Å². The molecule has 0 N–H and O–H groups in total. The molecule has 0 heterocycles. The molecule has 0 radical (unpaired) electrons. The van der Waals surface area contributed by atoms with E-state index < -0.39 is 0 Å². The summed E-state index contributed by atoms with van der Waals surface area (Å²) in [5.74, 6) is 10.8. The van der Waals surface area contributed by atoms with Crippen LogP contribution in [0.2, 0.25) is 0 Å². The average Bonchev–Trinajstić information content (AvgIpc) is 1.21. The molecule has 13 rings (SSSR count). The molecular weight excluding hydrogens is 1080 g/mol. The molecule has 0 bridgehead atoms. The Hall–Kier alpha value is -0.760. The minimum Gasteiger partial charge on any atom is -0.381 e. The second kappa shape index (κ2) is 32.3. The van der Waals surface area contributed by atoms with Crippen LogP contribution in [-0.4, -0.2) is 98.9 Å². The lowest BCUT2D eigenvalue weighted by Gasteiger charge is -2.54. The standard InChI is InChI=1S/C82H138N2O4/c1-85-79-55-77(81(87-3)53-65(79)51-75(57-23-11-5-12-24-57)59-37-43-71(44-38-59)83(67-27-15-7-16-28-67)68-29-17-8-18-30-68)63-41-47-73-61(49-63)35-36-62-50-64(42-48-74(62)73)78-56-80(86-2)66(54-82(78)88-4)52-76(58-25-13-6-14-26-58)60-39-45-72(46-40-60)84(69-31-19-9-20-32-69)70-33-21-10-22-34-70/h51-52,57-74,77-82H,5-50,53-56H2,1-4H3/b75-51+,76-52+. The van der Waals surface area contributed by atoms with Gasteiger partial charge >= 0.3 is 0 Å². The third-order valence-corrected chi connectivity index (χ3v) is 30.1. The lowest BCUT2D eigenvalue weighted by atomic mass is 9.52. The minimum absolute atomic E-state index is 0.333. The predicted octanol–water partition coefficient (Wildman–Crippen LogP) is 21.0. The van der Waals surface area contributed by atoms with Crippen molar-refractivity contribution in [3.8, 4) is 0 Å². The van der Waals surface area contributed by atoms with Crippen molar-refractivity contribution in [3.63, 3.8) is 0 Å². The largest absolute Gasteiger partial charge is 0.381 e. The molecule has 0 aromatic rings. The van der Waals surface area contributed by atoms with Gasteiger partial charge in [0.25, 0.3) is 0 Å². The van der Waals surface area contributed by atoms with Gasteiger partial charge in [0.1, 0.15) is 0 Å². The highest BCUT2D eigenvalue weighted by Gasteiger charge is 2.51. The first kappa shape index (κ1) is 65.9. The first-order valence-corrected chi connectivity index (χ1v) is 40.5. The van der Waals surface area contributed by atoms with Crippen LogP contribution in [0.15, 0.2) is 23.3 Å². The van der Waals surface area contributed by atoms with Crippen molar-refractivity contribution in [2.75, 3.05) is 28.4 Å². The van der Waals surface area contributed by atoms with Gasteiger partial charge in [0.15, 0.2) is 0 Å². The molecule has 0 spiro atoms. The van der Waals surface area contributed by atoms with E-state index in [1.807, 2.05) is 11.1 Å². The van der Waals surface area contributed by atoms with Crippen LogP contribution in [-0.2, 0) is 18.9 Å². The Morgan fingerprint density at radius 1 is 0.239 bits per heavy atom. The van der Waals surface area contributed by atoms with Crippen molar-refractivity contribution in [2.24, 2.45) is 82.9 Å². The van der Waals surface area contributed by atoms with Gasteiger partial charge in [-0.3, -0.25) is 9.80 Å². The zero-order chi connectivity index (χ0) is 59.8. The van der Waals surface area contributed by atoms with E-state index in [2.05, 4.69) is 50.4 Å². The summed E-state index contributed by atoms with van der Waals surface area (Å²) < 4.78 is 27.0. The summed E-state index contributed by atoms with van der Waals surface area (Å²) >= 11 is 0. The second-order valence-electron chi connectivity index (χ2n) is 34.3. The summed E-state index contributed by atoms with van der Waals surface area (Å²) in [6.45, 7) is 0. The fourth-order valence-electron chi connectivity index (χ4n) is 25.7. The third kappa shape index (κ3) is 15.4. The number of hydrogen-bond donors (Lipinski definition) is 0. The van der Waals surface area contributed by atoms with Gasteiger partial charge in [-0.15, -0.1) is 0 Å². The smallest absolute Gasteiger partial charge is 0.0638 e. The van der Waals surface area contributed by atoms with E-state index in [1.54, 1.807) is 0 Å². The molecule has 6 nitrogen and oxygen atoms in total. The van der Waals surface area contributed by atoms with Crippen LogP contribution in [0.1, 0.15) is 321 Å². The topological polar surface area (TPSA) is 43.4 Å². The predicted molar refractivity (Wildman–Crippen MR) is 365 cm³/mol. The Kier molecular flexibility index (Phi) is 24.2. The number of methoxy groups -OCH3 is 4. The third-order valence-electron chi connectivity index (χ3n) is 30.1.